The van der Waals surface area contributed by atoms with Crippen molar-refractivity contribution in [2.24, 2.45) is 0 Å². The van der Waals surface area contributed by atoms with Crippen LogP contribution in [0.3, 0.4) is 0 Å². The van der Waals surface area contributed by atoms with Gasteiger partial charge in [0.2, 0.25) is 6.41 Å². The number of nitrogens with zero attached hydrogens (tertiary/aromatic N) is 2. The number of fused-ring (bicyclic) bond motifs is 1. The molecular formula is C23H34N3O3S+. The Morgan fingerprint density at radius 2 is 1.90 bits per heavy atom. The number of hydrogen-bond acceptors (Lipinski definition) is 5. The highest BCUT2D eigenvalue weighted by atomic mass is 32.2. The summed E-state index contributed by atoms with van der Waals surface area (Å²) >= 11 is 1.76. The summed E-state index contributed by atoms with van der Waals surface area (Å²) in [5.74, 6) is 0.803. The molecule has 6 nitrogen and oxygen atoms in total. The molecular weight excluding hydrogens is 398 g/mol. The van der Waals surface area contributed by atoms with Crippen LogP contribution in [-0.2, 0) is 9.53 Å². The first kappa shape index (κ1) is 24.1. The van der Waals surface area contributed by atoms with Gasteiger partial charge in [-0.3, -0.25) is 9.28 Å². The quantitative estimate of drug-likeness (QED) is 0.272. The number of hydrogen-bond donors (Lipinski definition) is 1. The molecule has 0 aliphatic carbocycles. The van der Waals surface area contributed by atoms with Crippen molar-refractivity contribution in [1.29, 1.82) is 0 Å². The molecule has 0 spiro atoms. The SMILES string of the molecule is CC.CCOCOc1ccc2c(c1)SC(c1ccc(N(C)C=O)c([N+](C)(C)C)c1)N2. The molecule has 3 rings (SSSR count). The van der Waals surface area contributed by atoms with E-state index in [-0.39, 0.29) is 12.2 Å². The summed E-state index contributed by atoms with van der Waals surface area (Å²) in [6.07, 6.45) is 0.844. The van der Waals surface area contributed by atoms with Crippen molar-refractivity contribution in [3.05, 3.63) is 42.0 Å². The standard InChI is InChI=1S/C21H28N3O3S.C2H6/c1-6-26-14-27-16-8-9-17-20(12-16)28-21(22-17)15-7-10-18(23(2)13-25)19(11-15)24(3,4)5;1-2/h7-13,21-22H,6,14H2,1-5H3;1-2H3/q+1;. The van der Waals surface area contributed by atoms with Crippen LogP contribution in [0.2, 0.25) is 0 Å². The van der Waals surface area contributed by atoms with Crippen LogP contribution < -0.4 is 19.4 Å². The number of ether oxygens (including phenoxy) is 2. The maximum atomic E-state index is 11.3. The molecule has 1 aliphatic rings. The minimum atomic E-state index is 0.109. The molecule has 0 saturated heterocycles. The molecule has 1 amide bonds. The lowest BCUT2D eigenvalue weighted by Gasteiger charge is -2.29. The van der Waals surface area contributed by atoms with Crippen LogP contribution in [0.15, 0.2) is 41.3 Å². The van der Waals surface area contributed by atoms with Crippen LogP contribution in [-0.4, -0.2) is 48.0 Å². The van der Waals surface area contributed by atoms with Gasteiger partial charge in [0.15, 0.2) is 12.5 Å². The lowest BCUT2D eigenvalue weighted by Crippen LogP contribution is -2.36. The lowest BCUT2D eigenvalue weighted by atomic mass is 10.1. The van der Waals surface area contributed by atoms with Gasteiger partial charge in [0.05, 0.1) is 21.1 Å². The lowest BCUT2D eigenvalue weighted by molar-refractivity contribution is -0.107. The predicted molar refractivity (Wildman–Crippen MR) is 128 cm³/mol. The largest absolute Gasteiger partial charge is 0.468 e. The van der Waals surface area contributed by atoms with Gasteiger partial charge in [-0.15, -0.1) is 0 Å². The van der Waals surface area contributed by atoms with E-state index in [4.69, 9.17) is 9.47 Å². The number of thioether (sulfide) groups is 1. The fourth-order valence-electron chi connectivity index (χ4n) is 3.05. The molecule has 1 N–H and O–H groups in total. The first-order chi connectivity index (χ1) is 14.3. The fourth-order valence-corrected chi connectivity index (χ4v) is 4.21. The van der Waals surface area contributed by atoms with Crippen molar-refractivity contribution >= 4 is 35.2 Å². The van der Waals surface area contributed by atoms with Gasteiger partial charge in [-0.05, 0) is 36.8 Å². The third-order valence-corrected chi connectivity index (χ3v) is 5.78. The molecule has 7 heteroatoms. The van der Waals surface area contributed by atoms with E-state index in [1.54, 1.807) is 23.7 Å². The predicted octanol–water partition coefficient (Wildman–Crippen LogP) is 5.09. The van der Waals surface area contributed by atoms with Crippen LogP contribution in [0.5, 0.6) is 5.75 Å². The molecule has 1 heterocycles. The Labute approximate surface area is 184 Å². The number of carbonyl (C=O) groups excluding carboxylic acids is 1. The van der Waals surface area contributed by atoms with Crippen LogP contribution >= 0.6 is 11.8 Å². The first-order valence-electron chi connectivity index (χ1n) is 10.3. The molecule has 164 valence electrons. The first-order valence-corrected chi connectivity index (χ1v) is 11.1. The second-order valence-electron chi connectivity index (χ2n) is 7.53. The van der Waals surface area contributed by atoms with E-state index >= 15 is 0 Å². The summed E-state index contributed by atoms with van der Waals surface area (Å²) in [4.78, 5) is 14.1. The Bertz CT molecular complexity index is 852. The van der Waals surface area contributed by atoms with E-state index in [2.05, 4.69) is 38.6 Å². The molecule has 0 radical (unpaired) electrons. The topological polar surface area (TPSA) is 50.8 Å². The van der Waals surface area contributed by atoms with Gasteiger partial charge in [0.1, 0.15) is 16.8 Å². The molecule has 1 aliphatic heterocycles. The van der Waals surface area contributed by atoms with Gasteiger partial charge in [-0.1, -0.05) is 31.7 Å². The van der Waals surface area contributed by atoms with Crippen molar-refractivity contribution in [3.63, 3.8) is 0 Å². The van der Waals surface area contributed by atoms with Crippen LogP contribution in [0.1, 0.15) is 31.7 Å². The molecule has 2 aromatic rings. The zero-order chi connectivity index (χ0) is 22.3. The molecule has 30 heavy (non-hydrogen) atoms. The monoisotopic (exact) mass is 432 g/mol. The Morgan fingerprint density at radius 1 is 1.17 bits per heavy atom. The molecule has 1 atom stereocenters. The minimum absolute atomic E-state index is 0.109. The summed E-state index contributed by atoms with van der Waals surface area (Å²) in [5.41, 5.74) is 4.27. The van der Waals surface area contributed by atoms with Crippen molar-refractivity contribution in [1.82, 2.24) is 4.48 Å². The normalized spacial score (nSPS) is 14.8. The Morgan fingerprint density at radius 3 is 2.53 bits per heavy atom. The van der Waals surface area contributed by atoms with Crippen molar-refractivity contribution in [2.75, 3.05) is 51.8 Å². The second kappa shape index (κ2) is 10.7. The minimum Gasteiger partial charge on any atom is -0.468 e. The van der Waals surface area contributed by atoms with E-state index in [1.807, 2.05) is 45.0 Å². The Hall–Kier alpha value is -2.22. The van der Waals surface area contributed by atoms with Gasteiger partial charge in [-0.25, -0.2) is 0 Å². The molecule has 2 aromatic carbocycles. The number of rotatable bonds is 8. The number of quaternary nitrogens is 1. The van der Waals surface area contributed by atoms with Crippen molar-refractivity contribution in [2.45, 2.75) is 31.0 Å². The highest BCUT2D eigenvalue weighted by molar-refractivity contribution is 8.00. The molecule has 1 unspecified atom stereocenters. The zero-order valence-corrected chi connectivity index (χ0v) is 19.9. The number of benzene rings is 2. The average molecular weight is 433 g/mol. The van der Waals surface area contributed by atoms with Gasteiger partial charge in [0.25, 0.3) is 0 Å². The summed E-state index contributed by atoms with van der Waals surface area (Å²) in [5, 5.41) is 3.68. The number of anilines is 2. The summed E-state index contributed by atoms with van der Waals surface area (Å²) < 4.78 is 11.5. The number of nitrogens with one attached hydrogen (secondary N) is 1. The van der Waals surface area contributed by atoms with Crippen molar-refractivity contribution in [3.8, 4) is 5.75 Å². The maximum absolute atomic E-state index is 11.3. The smallest absolute Gasteiger partial charge is 0.214 e. The Balaban J connectivity index is 0.00000155. The summed E-state index contributed by atoms with van der Waals surface area (Å²) in [7, 11) is 8.09. The van der Waals surface area contributed by atoms with Crippen LogP contribution in [0.25, 0.3) is 0 Å². The van der Waals surface area contributed by atoms with E-state index in [0.29, 0.717) is 11.1 Å². The second-order valence-corrected chi connectivity index (χ2v) is 8.68. The third-order valence-electron chi connectivity index (χ3n) is 4.56. The van der Waals surface area contributed by atoms with Gasteiger partial charge in [-0.2, -0.15) is 0 Å². The molecule has 0 aromatic heterocycles. The average Bonchev–Trinajstić information content (AvgIpc) is 3.17. The van der Waals surface area contributed by atoms with Crippen molar-refractivity contribution < 1.29 is 14.3 Å². The number of amides is 1. The van der Waals surface area contributed by atoms with E-state index in [1.165, 1.54) is 5.56 Å². The summed E-state index contributed by atoms with van der Waals surface area (Å²) in [6, 6.07) is 12.3. The summed E-state index contributed by atoms with van der Waals surface area (Å²) in [6.45, 7) is 6.84. The van der Waals surface area contributed by atoms with Gasteiger partial charge in [0, 0.05) is 30.3 Å². The number of carbonyl (C=O) groups is 1. The van der Waals surface area contributed by atoms with E-state index in [0.717, 1.165) is 34.1 Å². The van der Waals surface area contributed by atoms with Crippen LogP contribution in [0.4, 0.5) is 17.1 Å². The maximum Gasteiger partial charge on any atom is 0.214 e. The third kappa shape index (κ3) is 5.68. The van der Waals surface area contributed by atoms with E-state index in [9.17, 15) is 4.79 Å². The molecule has 0 bridgehead atoms. The van der Waals surface area contributed by atoms with Crippen LogP contribution in [0, 0.1) is 0 Å². The van der Waals surface area contributed by atoms with Gasteiger partial charge >= 0.3 is 0 Å². The fraction of sp³-hybridized carbons (Fsp3) is 0.435. The Kier molecular flexibility index (Phi) is 8.58. The van der Waals surface area contributed by atoms with E-state index < -0.39 is 0 Å². The molecule has 0 fully saturated rings. The highest BCUT2D eigenvalue weighted by Crippen LogP contribution is 2.48. The van der Waals surface area contributed by atoms with Gasteiger partial charge < -0.3 is 19.7 Å². The highest BCUT2D eigenvalue weighted by Gasteiger charge is 2.27. The molecule has 0 saturated carbocycles. The zero-order valence-electron chi connectivity index (χ0n) is 19.1.